The second-order valence-electron chi connectivity index (χ2n) is 4.34. The van der Waals surface area contributed by atoms with E-state index in [-0.39, 0.29) is 0 Å². The van der Waals surface area contributed by atoms with Crippen molar-refractivity contribution in [1.82, 2.24) is 0 Å². The van der Waals surface area contributed by atoms with Crippen LogP contribution in [0.5, 0.6) is 0 Å². The highest BCUT2D eigenvalue weighted by atomic mass is 14.5. The van der Waals surface area contributed by atoms with Gasteiger partial charge in [-0.2, -0.15) is 0 Å². The van der Waals surface area contributed by atoms with Crippen molar-refractivity contribution in [1.29, 1.82) is 0 Å². The van der Waals surface area contributed by atoms with E-state index in [1.165, 1.54) is 25.7 Å². The zero-order valence-corrected chi connectivity index (χ0v) is 7.29. The van der Waals surface area contributed by atoms with Gasteiger partial charge < -0.3 is 0 Å². The Morgan fingerprint density at radius 1 is 0.667 bits per heavy atom. The molecule has 0 heteroatoms. The lowest BCUT2D eigenvalue weighted by Crippen LogP contribution is -2.46. The van der Waals surface area contributed by atoms with Crippen LogP contribution in [0.3, 0.4) is 0 Å². The molecule has 0 aliphatic heterocycles. The standard InChI is InChI=1S/C12H14/c1-2-6-12-8-4-3-7-11(12,5-1)9-10-12/h1-2,5-6,9-10H,3-4,7-8H2/t11-,12?/m0/s1. The summed E-state index contributed by atoms with van der Waals surface area (Å²) in [5, 5.41) is 0. The molecule has 3 rings (SSSR count). The summed E-state index contributed by atoms with van der Waals surface area (Å²) >= 11 is 0. The molecule has 0 spiro atoms. The first-order valence-electron chi connectivity index (χ1n) is 4.95. The molecule has 12 heavy (non-hydrogen) atoms. The summed E-state index contributed by atoms with van der Waals surface area (Å²) in [6.07, 6.45) is 19.6. The predicted molar refractivity (Wildman–Crippen MR) is 50.8 cm³/mol. The van der Waals surface area contributed by atoms with Gasteiger partial charge in [0.05, 0.1) is 0 Å². The van der Waals surface area contributed by atoms with Gasteiger partial charge >= 0.3 is 0 Å². The van der Waals surface area contributed by atoms with Crippen molar-refractivity contribution in [2.75, 3.05) is 0 Å². The Morgan fingerprint density at radius 3 is 1.58 bits per heavy atom. The van der Waals surface area contributed by atoms with Gasteiger partial charge in [0.25, 0.3) is 0 Å². The van der Waals surface area contributed by atoms with Gasteiger partial charge in [-0.15, -0.1) is 0 Å². The summed E-state index contributed by atoms with van der Waals surface area (Å²) in [7, 11) is 0. The van der Waals surface area contributed by atoms with Crippen LogP contribution >= 0.6 is 0 Å². The fourth-order valence-corrected chi connectivity index (χ4v) is 3.02. The minimum absolute atomic E-state index is 0.444. The van der Waals surface area contributed by atoms with Crippen molar-refractivity contribution in [2.24, 2.45) is 10.8 Å². The summed E-state index contributed by atoms with van der Waals surface area (Å²) in [5.74, 6) is 0. The minimum atomic E-state index is 0.444. The molecule has 2 atom stereocenters. The molecule has 3 aliphatic rings. The molecular formula is C12H14. The molecule has 0 N–H and O–H groups in total. The fourth-order valence-electron chi connectivity index (χ4n) is 3.02. The highest BCUT2D eigenvalue weighted by molar-refractivity contribution is 5.43. The largest absolute Gasteiger partial charge is 0.0765 e. The molecule has 0 amide bonds. The summed E-state index contributed by atoms with van der Waals surface area (Å²) in [6.45, 7) is 0. The Balaban J connectivity index is 2.12. The monoisotopic (exact) mass is 158 g/mol. The first kappa shape index (κ1) is 6.71. The van der Waals surface area contributed by atoms with E-state index in [1.54, 1.807) is 0 Å². The Bertz CT molecular complexity index is 265. The average molecular weight is 158 g/mol. The van der Waals surface area contributed by atoms with Crippen molar-refractivity contribution in [3.8, 4) is 0 Å². The van der Waals surface area contributed by atoms with Crippen molar-refractivity contribution in [3.63, 3.8) is 0 Å². The Labute approximate surface area is 73.7 Å². The molecule has 62 valence electrons. The van der Waals surface area contributed by atoms with Gasteiger partial charge in [0.2, 0.25) is 0 Å². The van der Waals surface area contributed by atoms with Crippen LogP contribution in [-0.2, 0) is 0 Å². The minimum Gasteiger partial charge on any atom is -0.0765 e. The van der Waals surface area contributed by atoms with Crippen LogP contribution in [0.25, 0.3) is 0 Å². The summed E-state index contributed by atoms with van der Waals surface area (Å²) in [6, 6.07) is 0. The van der Waals surface area contributed by atoms with Gasteiger partial charge in [0, 0.05) is 10.8 Å². The van der Waals surface area contributed by atoms with Crippen molar-refractivity contribution < 1.29 is 0 Å². The molecule has 0 aromatic heterocycles. The lowest BCUT2D eigenvalue weighted by atomic mass is 9.48. The lowest BCUT2D eigenvalue weighted by Gasteiger charge is -2.55. The smallest absolute Gasteiger partial charge is 0.0190 e. The molecule has 3 aliphatic carbocycles. The average Bonchev–Trinajstić information content (AvgIpc) is 2.09. The summed E-state index contributed by atoms with van der Waals surface area (Å²) in [4.78, 5) is 0. The molecular weight excluding hydrogens is 144 g/mol. The maximum atomic E-state index is 2.41. The van der Waals surface area contributed by atoms with Gasteiger partial charge in [-0.3, -0.25) is 0 Å². The molecule has 0 nitrogen and oxygen atoms in total. The van der Waals surface area contributed by atoms with Crippen LogP contribution in [0.1, 0.15) is 25.7 Å². The van der Waals surface area contributed by atoms with Gasteiger partial charge in [-0.05, 0) is 12.8 Å². The Kier molecular flexibility index (Phi) is 1.08. The molecule has 1 fully saturated rings. The van der Waals surface area contributed by atoms with Crippen molar-refractivity contribution in [2.45, 2.75) is 25.7 Å². The molecule has 0 heterocycles. The van der Waals surface area contributed by atoms with E-state index >= 15 is 0 Å². The quantitative estimate of drug-likeness (QED) is 0.475. The third-order valence-corrected chi connectivity index (χ3v) is 3.87. The first-order valence-corrected chi connectivity index (χ1v) is 4.95. The van der Waals surface area contributed by atoms with Gasteiger partial charge in [-0.25, -0.2) is 0 Å². The maximum absolute atomic E-state index is 2.41. The topological polar surface area (TPSA) is 0 Å². The second kappa shape index (κ2) is 1.93. The third-order valence-electron chi connectivity index (χ3n) is 3.87. The molecule has 0 saturated heterocycles. The van der Waals surface area contributed by atoms with Crippen LogP contribution in [0.2, 0.25) is 0 Å². The van der Waals surface area contributed by atoms with Crippen LogP contribution in [0.15, 0.2) is 36.5 Å². The predicted octanol–water partition coefficient (Wildman–Crippen LogP) is 3.23. The Hall–Kier alpha value is -0.780. The van der Waals surface area contributed by atoms with E-state index in [1.807, 2.05) is 0 Å². The van der Waals surface area contributed by atoms with Crippen molar-refractivity contribution >= 4 is 0 Å². The van der Waals surface area contributed by atoms with E-state index in [2.05, 4.69) is 36.5 Å². The first-order chi connectivity index (χ1) is 5.87. The second-order valence-corrected chi connectivity index (χ2v) is 4.34. The van der Waals surface area contributed by atoms with E-state index in [4.69, 9.17) is 0 Å². The normalized spacial score (nSPS) is 48.0. The third kappa shape index (κ3) is 0.565. The van der Waals surface area contributed by atoms with E-state index < -0.39 is 0 Å². The number of hydrogen-bond acceptors (Lipinski definition) is 0. The molecule has 0 aromatic carbocycles. The highest BCUT2D eigenvalue weighted by Crippen LogP contribution is 2.61. The van der Waals surface area contributed by atoms with Gasteiger partial charge in [0.15, 0.2) is 0 Å². The SMILES string of the molecule is C1=CC23C=C[C@]2(C=C1)CCCC3. The van der Waals surface area contributed by atoms with Gasteiger partial charge in [-0.1, -0.05) is 49.3 Å². The Morgan fingerprint density at radius 2 is 1.17 bits per heavy atom. The zero-order chi connectivity index (χ0) is 8.07. The van der Waals surface area contributed by atoms with Crippen LogP contribution in [0.4, 0.5) is 0 Å². The van der Waals surface area contributed by atoms with Gasteiger partial charge in [0.1, 0.15) is 0 Å². The van der Waals surface area contributed by atoms with Crippen LogP contribution < -0.4 is 0 Å². The molecule has 1 saturated carbocycles. The molecule has 0 aromatic rings. The summed E-state index contributed by atoms with van der Waals surface area (Å²) < 4.78 is 0. The van der Waals surface area contributed by atoms with Crippen LogP contribution in [0, 0.1) is 10.8 Å². The lowest BCUT2D eigenvalue weighted by molar-refractivity contribution is 0.135. The zero-order valence-electron chi connectivity index (χ0n) is 7.29. The number of allylic oxidation sites excluding steroid dienone is 6. The van der Waals surface area contributed by atoms with E-state index in [0.717, 1.165) is 0 Å². The number of hydrogen-bond donors (Lipinski definition) is 0. The molecule has 0 bridgehead atoms. The fraction of sp³-hybridized carbons (Fsp3) is 0.500. The van der Waals surface area contributed by atoms with E-state index in [0.29, 0.717) is 10.8 Å². The molecule has 0 radical (unpaired) electrons. The van der Waals surface area contributed by atoms with E-state index in [9.17, 15) is 0 Å². The number of rotatable bonds is 0. The van der Waals surface area contributed by atoms with Crippen LogP contribution in [-0.4, -0.2) is 0 Å². The molecule has 1 unspecified atom stereocenters. The summed E-state index contributed by atoms with van der Waals surface area (Å²) in [5.41, 5.74) is 0.889. The maximum Gasteiger partial charge on any atom is 0.0190 e. The van der Waals surface area contributed by atoms with Crippen molar-refractivity contribution in [3.05, 3.63) is 36.5 Å². The highest BCUT2D eigenvalue weighted by Gasteiger charge is 2.52.